The molecule has 2 saturated carbocycles. The van der Waals surface area contributed by atoms with E-state index in [2.05, 4.69) is 88.8 Å². The first-order valence-electron chi connectivity index (χ1n) is 16.3. The zero-order valence-electron chi connectivity index (χ0n) is 26.9. The highest BCUT2D eigenvalue weighted by Gasteiger charge is 2.34. The van der Waals surface area contributed by atoms with E-state index in [1.165, 1.54) is 12.8 Å². The lowest BCUT2D eigenvalue weighted by molar-refractivity contribution is -0.660. The van der Waals surface area contributed by atoms with E-state index in [9.17, 15) is 2.74 Å². The number of aromatic nitrogens is 2. The van der Waals surface area contributed by atoms with Gasteiger partial charge in [0.15, 0.2) is 11.8 Å². The Balaban J connectivity index is 1.42. The van der Waals surface area contributed by atoms with Crippen LogP contribution in [0.5, 0.6) is 0 Å². The molecule has 3 heterocycles. The third kappa shape index (κ3) is 4.81. The van der Waals surface area contributed by atoms with Gasteiger partial charge in [-0.2, -0.15) is 0 Å². The van der Waals surface area contributed by atoms with Crippen molar-refractivity contribution in [3.8, 4) is 11.3 Å². The van der Waals surface area contributed by atoms with Gasteiger partial charge in [0, 0.05) is 37.2 Å². The molecule has 4 aromatic rings. The van der Waals surface area contributed by atoms with E-state index in [1.54, 1.807) is 0 Å². The molecule has 0 N–H and O–H groups in total. The Hall–Kier alpha value is -2.68. The van der Waals surface area contributed by atoms with Crippen LogP contribution >= 0.6 is 0 Å². The van der Waals surface area contributed by atoms with E-state index in [0.717, 1.165) is 95.8 Å². The second-order valence-electron chi connectivity index (χ2n) is 13.3. The molecule has 206 valence electrons. The fourth-order valence-electron chi connectivity index (χ4n) is 7.18. The van der Waals surface area contributed by atoms with E-state index < -0.39 is 11.8 Å². The Labute approximate surface area is 237 Å². The largest absolute Gasteiger partial charge is 0.437 e. The molecule has 3 aromatic heterocycles. The Bertz CT molecular complexity index is 1590. The van der Waals surface area contributed by atoms with E-state index >= 15 is 0 Å². The molecule has 0 saturated heterocycles. The van der Waals surface area contributed by atoms with Gasteiger partial charge in [-0.25, -0.2) is 9.55 Å². The number of rotatable bonds is 5. The number of nitrogens with zero attached hydrogens (tertiary/aromatic N) is 2. The molecule has 39 heavy (non-hydrogen) atoms. The monoisotopic (exact) mass is 525 g/mol. The standard InChI is InChI=1S/C36H47N2O/c1-7-36(8-2)20-15-25(16-21-36)27-17-22-38(6)31(23-27)32-24(3)9-10-28-29-11-12-30(37-34(29)39-33(28)32)26-13-18-35(4,5)19-14-26/h9-12,17,22-23,25-26H,7-8,13-16,18-21H2,1-6H3/q+1/i25D,26D. The molecule has 0 unspecified atom stereocenters. The lowest BCUT2D eigenvalue weighted by Gasteiger charge is -2.39. The van der Waals surface area contributed by atoms with E-state index in [4.69, 9.17) is 9.40 Å². The molecule has 0 amide bonds. The third-order valence-electron chi connectivity index (χ3n) is 10.5. The molecule has 3 heteroatoms. The summed E-state index contributed by atoms with van der Waals surface area (Å²) in [7, 11) is 2.08. The number of hydrogen-bond donors (Lipinski definition) is 0. The average molecular weight is 526 g/mol. The zero-order chi connectivity index (χ0) is 29.2. The molecular weight excluding hydrogens is 476 g/mol. The maximum atomic E-state index is 9.53. The predicted octanol–water partition coefficient (Wildman–Crippen LogP) is 9.93. The van der Waals surface area contributed by atoms with Gasteiger partial charge in [0.1, 0.15) is 7.05 Å². The number of hydrogen-bond acceptors (Lipinski definition) is 2. The minimum absolute atomic E-state index is 0.300. The van der Waals surface area contributed by atoms with Crippen molar-refractivity contribution in [3.63, 3.8) is 0 Å². The first-order chi connectivity index (χ1) is 19.4. The topological polar surface area (TPSA) is 29.9 Å². The molecule has 0 aliphatic heterocycles. The maximum absolute atomic E-state index is 9.53. The van der Waals surface area contributed by atoms with Crippen LogP contribution < -0.4 is 4.57 Å². The summed E-state index contributed by atoms with van der Waals surface area (Å²) < 4.78 is 27.5. The second-order valence-corrected chi connectivity index (χ2v) is 13.3. The maximum Gasteiger partial charge on any atom is 0.227 e. The van der Waals surface area contributed by atoms with Crippen LogP contribution in [0.1, 0.15) is 123 Å². The van der Waals surface area contributed by atoms with E-state index in [0.29, 0.717) is 16.5 Å². The Morgan fingerprint density at radius 3 is 2.28 bits per heavy atom. The third-order valence-corrected chi connectivity index (χ3v) is 10.5. The van der Waals surface area contributed by atoms with Crippen LogP contribution in [0.25, 0.3) is 33.3 Å². The van der Waals surface area contributed by atoms with Gasteiger partial charge in [-0.05, 0) is 98.3 Å². The summed E-state index contributed by atoms with van der Waals surface area (Å²) in [4.78, 5) is 4.98. The fourth-order valence-corrected chi connectivity index (χ4v) is 7.18. The van der Waals surface area contributed by atoms with Gasteiger partial charge in [0.25, 0.3) is 0 Å². The first kappa shape index (κ1) is 24.1. The number of benzene rings is 1. The molecular formula is C36H47N2O+. The zero-order valence-corrected chi connectivity index (χ0v) is 24.9. The van der Waals surface area contributed by atoms with Crippen molar-refractivity contribution in [2.24, 2.45) is 17.9 Å². The van der Waals surface area contributed by atoms with Crippen LogP contribution in [-0.2, 0) is 7.05 Å². The van der Waals surface area contributed by atoms with Crippen LogP contribution in [-0.4, -0.2) is 4.98 Å². The van der Waals surface area contributed by atoms with Gasteiger partial charge in [-0.15, -0.1) is 0 Å². The SMILES string of the molecule is [2H]C1(c2cc[n+](C)c(-c3c(C)ccc4c3oc3nc(C5([2H])CCC(C)(C)CC5)ccc34)c2)CCC(CC)(CC)CC1. The van der Waals surface area contributed by atoms with Crippen molar-refractivity contribution in [1.82, 2.24) is 4.98 Å². The Morgan fingerprint density at radius 1 is 0.923 bits per heavy atom. The number of pyridine rings is 2. The molecule has 2 fully saturated rings. The highest BCUT2D eigenvalue weighted by Crippen LogP contribution is 2.48. The minimum atomic E-state index is -0.655. The summed E-state index contributed by atoms with van der Waals surface area (Å²) in [6.07, 6.45) is 12.4. The summed E-state index contributed by atoms with van der Waals surface area (Å²) in [5.74, 6) is -1.21. The van der Waals surface area contributed by atoms with Crippen molar-refractivity contribution < 1.29 is 11.7 Å². The van der Waals surface area contributed by atoms with Crippen molar-refractivity contribution in [2.75, 3.05) is 0 Å². The molecule has 0 radical (unpaired) electrons. The quantitative estimate of drug-likeness (QED) is 0.243. The van der Waals surface area contributed by atoms with Gasteiger partial charge in [0.2, 0.25) is 11.4 Å². The van der Waals surface area contributed by atoms with Gasteiger partial charge >= 0.3 is 0 Å². The fraction of sp³-hybridized carbons (Fsp3) is 0.556. The summed E-state index contributed by atoms with van der Waals surface area (Å²) >= 11 is 0. The van der Waals surface area contributed by atoms with Crippen LogP contribution in [0.2, 0.25) is 0 Å². The van der Waals surface area contributed by atoms with Crippen LogP contribution in [0.15, 0.2) is 47.0 Å². The number of aryl methyl sites for hydroxylation is 2. The molecule has 2 aliphatic carbocycles. The van der Waals surface area contributed by atoms with Crippen molar-refractivity contribution >= 4 is 22.1 Å². The second kappa shape index (κ2) is 10.1. The summed E-state index contributed by atoms with van der Waals surface area (Å²) in [6, 6.07) is 12.9. The van der Waals surface area contributed by atoms with Crippen LogP contribution in [0.3, 0.4) is 0 Å². The molecule has 0 bridgehead atoms. The predicted molar refractivity (Wildman–Crippen MR) is 162 cm³/mol. The van der Waals surface area contributed by atoms with Crippen molar-refractivity contribution in [2.45, 2.75) is 111 Å². The smallest absolute Gasteiger partial charge is 0.227 e. The van der Waals surface area contributed by atoms with Crippen molar-refractivity contribution in [3.05, 3.63) is 59.4 Å². The summed E-state index contributed by atoms with van der Waals surface area (Å²) in [5, 5.41) is 2.06. The molecule has 2 aliphatic rings. The summed E-state index contributed by atoms with van der Waals surface area (Å²) in [5.41, 5.74) is 7.40. The minimum Gasteiger partial charge on any atom is -0.437 e. The molecule has 6 rings (SSSR count). The van der Waals surface area contributed by atoms with Crippen LogP contribution in [0.4, 0.5) is 0 Å². The molecule has 3 nitrogen and oxygen atoms in total. The molecule has 1 aromatic carbocycles. The molecule has 0 atom stereocenters. The molecule has 0 spiro atoms. The first-order valence-corrected chi connectivity index (χ1v) is 15.3. The Kier molecular flexibility index (Phi) is 6.23. The Morgan fingerprint density at radius 2 is 1.59 bits per heavy atom. The highest BCUT2D eigenvalue weighted by atomic mass is 16.3. The van der Waals surface area contributed by atoms with Gasteiger partial charge in [-0.1, -0.05) is 52.7 Å². The number of furan rings is 1. The van der Waals surface area contributed by atoms with E-state index in [1.807, 2.05) is 0 Å². The van der Waals surface area contributed by atoms with E-state index in [-0.39, 0.29) is 0 Å². The van der Waals surface area contributed by atoms with Gasteiger partial charge in [-0.3, -0.25) is 0 Å². The van der Waals surface area contributed by atoms with Gasteiger partial charge in [0.05, 0.1) is 5.56 Å². The number of fused-ring (bicyclic) bond motifs is 3. The van der Waals surface area contributed by atoms with Crippen molar-refractivity contribution in [1.29, 1.82) is 0 Å². The lowest BCUT2D eigenvalue weighted by Crippen LogP contribution is -2.31. The average Bonchev–Trinajstić information content (AvgIpc) is 3.34. The van der Waals surface area contributed by atoms with Gasteiger partial charge < -0.3 is 4.42 Å². The lowest BCUT2D eigenvalue weighted by atomic mass is 9.66. The van der Waals surface area contributed by atoms with Crippen LogP contribution in [0, 0.1) is 17.8 Å². The highest BCUT2D eigenvalue weighted by molar-refractivity contribution is 6.08. The normalized spacial score (nSPS) is 22.5. The summed E-state index contributed by atoms with van der Waals surface area (Å²) in [6.45, 7) is 11.4.